The largest absolute Gasteiger partial charge is 0.325 e. The van der Waals surface area contributed by atoms with Crippen LogP contribution in [0.5, 0.6) is 0 Å². The molecule has 0 aromatic carbocycles. The normalized spacial score (nSPS) is 46.9. The Balaban J connectivity index is 2.41. The Bertz CT molecular complexity index is 407. The van der Waals surface area contributed by atoms with Crippen LogP contribution in [0.4, 0.5) is 0 Å². The lowest BCUT2D eigenvalue weighted by atomic mass is 9.69. The van der Waals surface area contributed by atoms with Crippen molar-refractivity contribution in [3.63, 3.8) is 0 Å². The van der Waals surface area contributed by atoms with E-state index in [2.05, 4.69) is 49.0 Å². The van der Waals surface area contributed by atoms with Gasteiger partial charge in [-0.1, -0.05) is 48.2 Å². The van der Waals surface area contributed by atoms with Crippen molar-refractivity contribution in [1.82, 2.24) is 0 Å². The van der Waals surface area contributed by atoms with Gasteiger partial charge in [-0.2, -0.15) is 0 Å². The third-order valence-corrected chi connectivity index (χ3v) is 5.05. The van der Waals surface area contributed by atoms with Crippen molar-refractivity contribution in [3.05, 3.63) is 36.5 Å². The summed E-state index contributed by atoms with van der Waals surface area (Å²) in [6, 6.07) is 0. The van der Waals surface area contributed by atoms with Crippen LogP contribution in [-0.2, 0) is 0 Å². The van der Waals surface area contributed by atoms with E-state index in [1.807, 2.05) is 6.08 Å². The number of allylic oxidation sites excluding steroid dienone is 4. The second kappa shape index (κ2) is 4.64. The molecular formula is C16H24BrN. The molecular weight excluding hydrogens is 286 g/mol. The molecule has 18 heavy (non-hydrogen) atoms. The van der Waals surface area contributed by atoms with E-state index in [9.17, 15) is 0 Å². The van der Waals surface area contributed by atoms with Crippen molar-refractivity contribution in [2.75, 3.05) is 0 Å². The van der Waals surface area contributed by atoms with Gasteiger partial charge in [-0.25, -0.2) is 0 Å². The third kappa shape index (κ3) is 2.65. The molecule has 0 heterocycles. The maximum atomic E-state index is 6.66. The lowest BCUT2D eigenvalue weighted by molar-refractivity contribution is 0.206. The molecule has 2 saturated carbocycles. The Morgan fingerprint density at radius 1 is 1.39 bits per heavy atom. The summed E-state index contributed by atoms with van der Waals surface area (Å²) in [5.41, 5.74) is 9.24. The Morgan fingerprint density at radius 3 is 2.67 bits per heavy atom. The lowest BCUT2D eigenvalue weighted by Gasteiger charge is -2.44. The molecule has 2 fully saturated rings. The van der Waals surface area contributed by atoms with Crippen molar-refractivity contribution >= 4 is 15.9 Å². The molecule has 0 spiro atoms. The maximum Gasteiger partial charge on any atom is 0.0253 e. The zero-order chi connectivity index (χ0) is 13.6. The molecule has 1 nitrogen and oxygen atoms in total. The van der Waals surface area contributed by atoms with Gasteiger partial charge in [0.25, 0.3) is 0 Å². The Morgan fingerprint density at radius 2 is 2.06 bits per heavy atom. The second-order valence-corrected chi connectivity index (χ2v) is 8.46. The van der Waals surface area contributed by atoms with Crippen LogP contribution in [0.2, 0.25) is 0 Å². The fourth-order valence-electron chi connectivity index (χ4n) is 4.03. The van der Waals surface area contributed by atoms with Gasteiger partial charge in [-0.15, -0.1) is 0 Å². The second-order valence-electron chi connectivity index (χ2n) is 6.55. The van der Waals surface area contributed by atoms with Crippen LogP contribution in [0.15, 0.2) is 36.5 Å². The van der Waals surface area contributed by atoms with Crippen LogP contribution < -0.4 is 5.73 Å². The van der Waals surface area contributed by atoms with E-state index >= 15 is 0 Å². The molecule has 0 aliphatic heterocycles. The molecule has 2 aliphatic carbocycles. The van der Waals surface area contributed by atoms with Crippen LogP contribution in [-0.4, -0.2) is 9.86 Å². The molecule has 2 N–H and O–H groups in total. The van der Waals surface area contributed by atoms with Gasteiger partial charge < -0.3 is 5.73 Å². The highest BCUT2D eigenvalue weighted by molar-refractivity contribution is 9.10. The van der Waals surface area contributed by atoms with Crippen LogP contribution >= 0.6 is 15.9 Å². The number of hydrogen-bond acceptors (Lipinski definition) is 1. The van der Waals surface area contributed by atoms with Crippen LogP contribution in [0.3, 0.4) is 0 Å². The summed E-state index contributed by atoms with van der Waals surface area (Å²) in [6.45, 7) is 12.7. The van der Waals surface area contributed by atoms with Gasteiger partial charge >= 0.3 is 0 Å². The van der Waals surface area contributed by atoms with Crippen LogP contribution in [0, 0.1) is 11.8 Å². The predicted octanol–water partition coefficient (Wildman–Crippen LogP) is 4.35. The van der Waals surface area contributed by atoms with Gasteiger partial charge in [0.15, 0.2) is 0 Å². The Kier molecular flexibility index (Phi) is 3.63. The fraction of sp³-hybridized carbons (Fsp3) is 0.625. The summed E-state index contributed by atoms with van der Waals surface area (Å²) in [7, 11) is 0. The van der Waals surface area contributed by atoms with Crippen molar-refractivity contribution in [2.45, 2.75) is 49.4 Å². The molecule has 2 bridgehead atoms. The van der Waals surface area contributed by atoms with E-state index in [1.54, 1.807) is 0 Å². The zero-order valence-electron chi connectivity index (χ0n) is 11.5. The Hall–Kier alpha value is -0.340. The Labute approximate surface area is 119 Å². The average Bonchev–Trinajstić information content (AvgIpc) is 2.25. The highest BCUT2D eigenvalue weighted by atomic mass is 79.9. The molecule has 2 aliphatic rings. The fourth-order valence-corrected chi connectivity index (χ4v) is 4.98. The average molecular weight is 310 g/mol. The van der Waals surface area contributed by atoms with E-state index in [4.69, 9.17) is 5.73 Å². The first-order valence-electron chi connectivity index (χ1n) is 6.76. The van der Waals surface area contributed by atoms with E-state index < -0.39 is 0 Å². The smallest absolute Gasteiger partial charge is 0.0253 e. The maximum absolute atomic E-state index is 6.66. The van der Waals surface area contributed by atoms with Gasteiger partial charge in [0.1, 0.15) is 0 Å². The first-order valence-corrected chi connectivity index (χ1v) is 7.55. The summed E-state index contributed by atoms with van der Waals surface area (Å²) in [4.78, 5) is 0. The summed E-state index contributed by atoms with van der Waals surface area (Å²) in [5.74, 6) is 0.983. The van der Waals surface area contributed by atoms with Crippen molar-refractivity contribution < 1.29 is 0 Å². The monoisotopic (exact) mass is 309 g/mol. The van der Waals surface area contributed by atoms with Crippen LogP contribution in [0.1, 0.15) is 39.5 Å². The quantitative estimate of drug-likeness (QED) is 0.716. The summed E-state index contributed by atoms with van der Waals surface area (Å²) >= 11 is 3.86. The van der Waals surface area contributed by atoms with Crippen LogP contribution in [0.25, 0.3) is 0 Å². The highest BCUT2D eigenvalue weighted by Crippen LogP contribution is 2.51. The summed E-state index contributed by atoms with van der Waals surface area (Å²) in [5, 5.41) is 0. The van der Waals surface area contributed by atoms with Gasteiger partial charge in [-0.05, 0) is 55.6 Å². The first kappa shape index (κ1) is 14.1. The predicted molar refractivity (Wildman–Crippen MR) is 82.8 cm³/mol. The zero-order valence-corrected chi connectivity index (χ0v) is 13.1. The minimum atomic E-state index is -0.0553. The molecule has 0 aromatic rings. The standard InChI is InChI=1S/C16H24BrN/c1-5-6-14-11(2)7-16(18)9-13(12(14)3)8-15(4,17)10-16/h5-6,11,13H,1,3,7-10,18H2,2,4H3/b14-6-. The number of alkyl halides is 1. The summed E-state index contributed by atoms with van der Waals surface area (Å²) in [6.07, 6.45) is 8.31. The molecule has 4 atom stereocenters. The number of halogens is 1. The van der Waals surface area contributed by atoms with Gasteiger partial charge in [0.2, 0.25) is 0 Å². The molecule has 2 heteroatoms. The lowest BCUT2D eigenvalue weighted by Crippen LogP contribution is -2.50. The van der Waals surface area contributed by atoms with E-state index in [1.165, 1.54) is 11.1 Å². The molecule has 2 rings (SSSR count). The van der Waals surface area contributed by atoms with E-state index in [0.717, 1.165) is 25.7 Å². The number of hydrogen-bond donors (Lipinski definition) is 1. The van der Waals surface area contributed by atoms with Crippen molar-refractivity contribution in [3.8, 4) is 0 Å². The number of fused-ring (bicyclic) bond motifs is 2. The number of rotatable bonds is 1. The molecule has 0 amide bonds. The first-order chi connectivity index (χ1) is 8.26. The molecule has 4 unspecified atom stereocenters. The van der Waals surface area contributed by atoms with Gasteiger partial charge in [-0.3, -0.25) is 0 Å². The van der Waals surface area contributed by atoms with Crippen molar-refractivity contribution in [1.29, 1.82) is 0 Å². The third-order valence-electron chi connectivity index (χ3n) is 4.45. The van der Waals surface area contributed by atoms with Gasteiger partial charge in [0, 0.05) is 9.86 Å². The minimum Gasteiger partial charge on any atom is -0.325 e. The molecule has 0 radical (unpaired) electrons. The van der Waals surface area contributed by atoms with E-state index in [-0.39, 0.29) is 9.86 Å². The minimum absolute atomic E-state index is 0.0553. The summed E-state index contributed by atoms with van der Waals surface area (Å²) < 4.78 is 0.150. The molecule has 0 saturated heterocycles. The molecule has 0 aromatic heterocycles. The highest BCUT2D eigenvalue weighted by Gasteiger charge is 2.47. The van der Waals surface area contributed by atoms with Crippen molar-refractivity contribution in [2.24, 2.45) is 17.6 Å². The SMILES string of the molecule is C=C/C=C1\C(=C)C2CC(C)(Br)CC(N)(C2)CC1C. The number of nitrogens with two attached hydrogens (primary N) is 1. The topological polar surface area (TPSA) is 26.0 Å². The molecule has 100 valence electrons. The van der Waals surface area contributed by atoms with E-state index in [0.29, 0.717) is 11.8 Å². The van der Waals surface area contributed by atoms with Gasteiger partial charge in [0.05, 0.1) is 0 Å².